The lowest BCUT2D eigenvalue weighted by Gasteiger charge is -2.40. The molecular formula is C47H58F3N7O8. The topological polar surface area (TPSA) is 207 Å². The molecule has 3 aliphatic heterocycles. The maximum absolute atomic E-state index is 14.3. The summed E-state index contributed by atoms with van der Waals surface area (Å²) in [6, 6.07) is 16.1. The van der Waals surface area contributed by atoms with Crippen LogP contribution in [0.1, 0.15) is 106 Å². The standard InChI is InChI=1S/C47H58F3N7O8/c1-27(2)37(53-43(62)64-5)39(58)55-23-9-21-45(55,41(51)60)32-13-7-11-29(25-32)35-19-20-36(57(35)34-17-15-31(16-18-34)47(48,49)50)30-12-8-14-33(26-30)46(42(52)61)22-10-24-56(46)40(59)38(28(3)4)54-44(63)65-6/h7-8,11-18,25-28,35-38H,9-10,19-24H2,1-6H3,(H2,51,60)(H2,52,61)(H,53,62)(H,54,63)/t35-,36+,37-,38-,45-,46-/m0/s1. The predicted octanol–water partition coefficient (Wildman–Crippen LogP) is 6.16. The number of anilines is 1. The summed E-state index contributed by atoms with van der Waals surface area (Å²) in [5.74, 6) is -3.28. The second kappa shape index (κ2) is 19.0. The summed E-state index contributed by atoms with van der Waals surface area (Å²) in [5, 5.41) is 5.19. The van der Waals surface area contributed by atoms with Crippen molar-refractivity contribution in [3.8, 4) is 0 Å². The number of halogens is 3. The molecule has 6 rings (SSSR count). The number of carbonyl (C=O) groups is 6. The number of nitrogens with two attached hydrogens (primary N) is 2. The minimum atomic E-state index is -4.59. The zero-order valence-electron chi connectivity index (χ0n) is 37.4. The third-order valence-corrected chi connectivity index (χ3v) is 13.3. The Bertz CT molecular complexity index is 2160. The van der Waals surface area contributed by atoms with Gasteiger partial charge in [-0.1, -0.05) is 76.2 Å². The molecule has 3 aromatic rings. The summed E-state index contributed by atoms with van der Waals surface area (Å²) >= 11 is 0. The molecule has 3 aliphatic rings. The van der Waals surface area contributed by atoms with E-state index in [0.717, 1.165) is 12.1 Å². The molecule has 3 heterocycles. The first-order valence-corrected chi connectivity index (χ1v) is 21.8. The molecular weight excluding hydrogens is 848 g/mol. The molecule has 350 valence electrons. The molecule has 6 atom stereocenters. The molecule has 6 amide bonds. The van der Waals surface area contributed by atoms with Gasteiger partial charge in [0, 0.05) is 18.8 Å². The number of amides is 6. The summed E-state index contributed by atoms with van der Waals surface area (Å²) in [6.45, 7) is 7.41. The summed E-state index contributed by atoms with van der Waals surface area (Å²) in [6.07, 6.45) is -3.92. The Morgan fingerprint density at radius 2 is 1.06 bits per heavy atom. The van der Waals surface area contributed by atoms with Gasteiger partial charge >= 0.3 is 18.4 Å². The van der Waals surface area contributed by atoms with Crippen LogP contribution in [0.5, 0.6) is 0 Å². The largest absolute Gasteiger partial charge is 0.453 e. The number of hydrogen-bond donors (Lipinski definition) is 4. The SMILES string of the molecule is COC(=O)N[C@H](C(=O)N1CCC[C@@]1(C(N)=O)c1cccc([C@H]2CC[C@@H](c3cccc([C@]4(C(N)=O)CCCN4C(=O)[C@@H](NC(=O)OC)C(C)C)c3)N2c2ccc(C(F)(F)F)cc2)c1)C(C)C. The van der Waals surface area contributed by atoms with Crippen LogP contribution in [-0.2, 0) is 45.9 Å². The van der Waals surface area contributed by atoms with Crippen molar-refractivity contribution in [2.45, 2.75) is 108 Å². The Labute approximate surface area is 376 Å². The van der Waals surface area contributed by atoms with E-state index in [0.29, 0.717) is 53.6 Å². The van der Waals surface area contributed by atoms with Crippen LogP contribution < -0.4 is 27.0 Å². The highest BCUT2D eigenvalue weighted by molar-refractivity contribution is 5.96. The van der Waals surface area contributed by atoms with Gasteiger partial charge in [-0.3, -0.25) is 19.2 Å². The molecule has 0 spiro atoms. The monoisotopic (exact) mass is 905 g/mol. The Morgan fingerprint density at radius 1 is 0.662 bits per heavy atom. The number of likely N-dealkylation sites (tertiary alicyclic amines) is 2. The summed E-state index contributed by atoms with van der Waals surface area (Å²) in [4.78, 5) is 85.4. The number of alkyl halides is 3. The van der Waals surface area contributed by atoms with Crippen molar-refractivity contribution in [1.82, 2.24) is 20.4 Å². The van der Waals surface area contributed by atoms with Gasteiger partial charge in [-0.15, -0.1) is 0 Å². The molecule has 0 unspecified atom stereocenters. The average Bonchev–Trinajstić information content (AvgIpc) is 4.05. The number of rotatable bonds is 13. The smallest absolute Gasteiger partial charge is 0.416 e. The first kappa shape index (κ1) is 48.1. The van der Waals surface area contributed by atoms with E-state index in [-0.39, 0.29) is 37.8 Å². The van der Waals surface area contributed by atoms with Gasteiger partial charge in [0.15, 0.2) is 0 Å². The molecule has 0 aromatic heterocycles. The molecule has 0 aliphatic carbocycles. The van der Waals surface area contributed by atoms with Crippen molar-refractivity contribution >= 4 is 41.5 Å². The van der Waals surface area contributed by atoms with E-state index < -0.39 is 82.8 Å². The van der Waals surface area contributed by atoms with E-state index in [1.807, 2.05) is 29.2 Å². The number of nitrogens with zero attached hydrogens (tertiary/aromatic N) is 3. The summed E-state index contributed by atoms with van der Waals surface area (Å²) < 4.78 is 51.2. The average molecular weight is 906 g/mol. The third-order valence-electron chi connectivity index (χ3n) is 13.3. The van der Waals surface area contributed by atoms with Gasteiger partial charge in [0.1, 0.15) is 23.2 Å². The maximum Gasteiger partial charge on any atom is 0.416 e. The van der Waals surface area contributed by atoms with Crippen molar-refractivity contribution in [2.75, 3.05) is 32.2 Å². The molecule has 3 aromatic carbocycles. The Morgan fingerprint density at radius 3 is 1.40 bits per heavy atom. The minimum absolute atomic E-state index is 0.188. The van der Waals surface area contributed by atoms with Crippen molar-refractivity contribution in [3.05, 3.63) is 101 Å². The fourth-order valence-corrected chi connectivity index (χ4v) is 10.0. The number of alkyl carbamates (subject to hydrolysis) is 2. The van der Waals surface area contributed by atoms with E-state index in [2.05, 4.69) is 10.6 Å². The zero-order valence-corrected chi connectivity index (χ0v) is 37.4. The van der Waals surface area contributed by atoms with Gasteiger partial charge in [-0.25, -0.2) is 9.59 Å². The van der Waals surface area contributed by atoms with Gasteiger partial charge in [0.25, 0.3) is 0 Å². The Balaban J connectivity index is 1.43. The molecule has 0 saturated carbocycles. The third kappa shape index (κ3) is 9.03. The lowest BCUT2D eigenvalue weighted by molar-refractivity contribution is -0.146. The van der Waals surface area contributed by atoms with E-state index in [9.17, 15) is 41.9 Å². The molecule has 65 heavy (non-hydrogen) atoms. The van der Waals surface area contributed by atoms with Gasteiger partial charge in [0.2, 0.25) is 23.6 Å². The van der Waals surface area contributed by atoms with E-state index in [4.69, 9.17) is 20.9 Å². The predicted molar refractivity (Wildman–Crippen MR) is 233 cm³/mol. The van der Waals surface area contributed by atoms with Crippen molar-refractivity contribution in [3.63, 3.8) is 0 Å². The molecule has 15 nitrogen and oxygen atoms in total. The Kier molecular flexibility index (Phi) is 14.1. The van der Waals surface area contributed by atoms with Crippen LogP contribution in [0.2, 0.25) is 0 Å². The highest BCUT2D eigenvalue weighted by Crippen LogP contribution is 2.50. The summed E-state index contributed by atoms with van der Waals surface area (Å²) in [7, 11) is 2.37. The van der Waals surface area contributed by atoms with Gasteiger partial charge in [-0.2, -0.15) is 13.2 Å². The second-order valence-corrected chi connectivity index (χ2v) is 17.7. The van der Waals surface area contributed by atoms with Crippen LogP contribution in [0, 0.1) is 11.8 Å². The zero-order chi connectivity index (χ0) is 47.6. The molecule has 3 saturated heterocycles. The van der Waals surface area contributed by atoms with Crippen LogP contribution in [0.15, 0.2) is 72.8 Å². The van der Waals surface area contributed by atoms with Crippen molar-refractivity contribution < 1.29 is 51.4 Å². The number of methoxy groups -OCH3 is 2. The van der Waals surface area contributed by atoms with Gasteiger partial charge < -0.3 is 46.3 Å². The Hall–Kier alpha value is -6.33. The number of hydrogen-bond acceptors (Lipinski definition) is 9. The maximum atomic E-state index is 14.3. The highest BCUT2D eigenvalue weighted by atomic mass is 19.4. The lowest BCUT2D eigenvalue weighted by Crippen LogP contribution is -2.59. The normalized spacial score (nSPS) is 23.0. The van der Waals surface area contributed by atoms with E-state index in [1.54, 1.807) is 52.0 Å². The van der Waals surface area contributed by atoms with Crippen molar-refractivity contribution in [1.29, 1.82) is 0 Å². The molecule has 0 bridgehead atoms. The number of nitrogens with one attached hydrogen (secondary N) is 2. The van der Waals surface area contributed by atoms with Crippen molar-refractivity contribution in [2.24, 2.45) is 23.3 Å². The van der Waals surface area contributed by atoms with Gasteiger partial charge in [0.05, 0.1) is 31.9 Å². The number of ether oxygens (including phenoxy) is 2. The minimum Gasteiger partial charge on any atom is -0.453 e. The van der Waals surface area contributed by atoms with E-state index in [1.165, 1.54) is 36.2 Å². The quantitative estimate of drug-likeness (QED) is 0.155. The number of primary amides is 2. The fourth-order valence-electron chi connectivity index (χ4n) is 10.0. The molecule has 6 N–H and O–H groups in total. The molecule has 0 radical (unpaired) electrons. The summed E-state index contributed by atoms with van der Waals surface area (Å²) in [5.41, 5.74) is 11.2. The highest BCUT2D eigenvalue weighted by Gasteiger charge is 2.54. The molecule has 18 heteroatoms. The van der Waals surface area contributed by atoms with Crippen LogP contribution in [0.25, 0.3) is 0 Å². The number of carbonyl (C=O) groups excluding carboxylic acids is 6. The van der Waals surface area contributed by atoms with Crippen LogP contribution in [-0.4, -0.2) is 85.0 Å². The van der Waals surface area contributed by atoms with Crippen LogP contribution in [0.3, 0.4) is 0 Å². The fraction of sp³-hybridized carbons (Fsp3) is 0.489. The van der Waals surface area contributed by atoms with E-state index >= 15 is 0 Å². The number of benzene rings is 3. The lowest BCUT2D eigenvalue weighted by atomic mass is 9.83. The first-order chi connectivity index (χ1) is 30.7. The first-order valence-electron chi connectivity index (χ1n) is 21.8. The van der Waals surface area contributed by atoms with Crippen LogP contribution in [0.4, 0.5) is 28.4 Å². The second-order valence-electron chi connectivity index (χ2n) is 17.7. The van der Waals surface area contributed by atoms with Gasteiger partial charge in [-0.05, 0) is 96.9 Å². The molecule has 3 fully saturated rings. The van der Waals surface area contributed by atoms with Crippen LogP contribution >= 0.6 is 0 Å².